The first-order valence-corrected chi connectivity index (χ1v) is 22.2. The van der Waals surface area contributed by atoms with Gasteiger partial charge >= 0.3 is 12.2 Å². The number of aryl methyl sites for hydroxylation is 1. The van der Waals surface area contributed by atoms with Gasteiger partial charge in [0, 0.05) is 62.6 Å². The maximum absolute atomic E-state index is 14.6. The molecule has 0 spiro atoms. The summed E-state index contributed by atoms with van der Waals surface area (Å²) in [6.45, 7) is 17.7. The summed E-state index contributed by atoms with van der Waals surface area (Å²) < 4.78 is 18.6. The second-order valence-corrected chi connectivity index (χ2v) is 18.6. The molecule has 3 aromatic rings. The molecule has 4 aliphatic rings. The normalized spacial score (nSPS) is 22.1. The minimum atomic E-state index is -0.922. The largest absolute Gasteiger partial charge is 0.464 e. The molecule has 4 atom stereocenters. The van der Waals surface area contributed by atoms with Crippen molar-refractivity contribution in [3.05, 3.63) is 77.5 Å². The zero-order valence-corrected chi connectivity index (χ0v) is 37.5. The Hall–Kier alpha value is -5.33. The predicted molar refractivity (Wildman–Crippen MR) is 244 cm³/mol. The van der Waals surface area contributed by atoms with Gasteiger partial charge in [-0.15, -0.1) is 0 Å². The molecule has 7 rings (SSSR count). The molecule has 13 nitrogen and oxygen atoms in total. The Morgan fingerprint density at radius 3 is 2.65 bits per heavy atom. The van der Waals surface area contributed by atoms with Crippen LogP contribution < -0.4 is 15.4 Å². The van der Waals surface area contributed by atoms with Gasteiger partial charge in [0.15, 0.2) is 0 Å². The van der Waals surface area contributed by atoms with Crippen LogP contribution in [0.4, 0.5) is 0 Å². The first kappa shape index (κ1) is 44.7. The van der Waals surface area contributed by atoms with E-state index >= 15 is 0 Å². The lowest BCUT2D eigenvalue weighted by molar-refractivity contribution is -0.155. The Kier molecular flexibility index (Phi) is 13.7. The maximum Gasteiger partial charge on any atom is 0.324 e. The number of hydrogen-bond acceptors (Lipinski definition) is 8. The van der Waals surface area contributed by atoms with Gasteiger partial charge in [0.25, 0.3) is 12.1 Å². The highest BCUT2D eigenvalue weighted by molar-refractivity contribution is 6.21. The van der Waals surface area contributed by atoms with Crippen LogP contribution in [0.5, 0.6) is 0 Å². The van der Waals surface area contributed by atoms with Crippen molar-refractivity contribution >= 4 is 52.6 Å². The molecule has 3 amide bonds. The van der Waals surface area contributed by atoms with E-state index in [1.54, 1.807) is 12.0 Å². The van der Waals surface area contributed by atoms with Crippen LogP contribution in [-0.4, -0.2) is 127 Å². The molecular formula is C49H64N7O6+. The van der Waals surface area contributed by atoms with Crippen molar-refractivity contribution in [1.82, 2.24) is 34.8 Å². The fourth-order valence-corrected chi connectivity index (χ4v) is 9.87. The summed E-state index contributed by atoms with van der Waals surface area (Å²) in [4.78, 5) is 59.1. The van der Waals surface area contributed by atoms with E-state index in [1.807, 2.05) is 45.5 Å². The fourth-order valence-electron chi connectivity index (χ4n) is 9.87. The molecule has 62 heavy (non-hydrogen) atoms. The number of rotatable bonds is 11. The number of nitrogens with zero attached hydrogens (tertiary/aromatic N) is 5. The third-order valence-corrected chi connectivity index (χ3v) is 12.8. The molecule has 0 saturated carbocycles. The molecule has 0 aliphatic carbocycles. The number of esters is 1. The molecule has 0 radical (unpaired) electrons. The molecule has 0 unspecified atom stereocenters. The van der Waals surface area contributed by atoms with Gasteiger partial charge in [0.05, 0.1) is 36.1 Å². The SMILES string of the molecule is C=CC(=O)N1CC[C@H](CN(C)[C@H](C(=O)N[C@H]2Cc3cccc(c3)-c3ccc4c(c3)c(c(C3=C(COC)C=[N+]=C3)n4CC)CC(C)(C)COC(=O)[C@@H]3CCCN(N3)C2=O)C(C)C)C1. The van der Waals surface area contributed by atoms with Crippen molar-refractivity contribution in [3.8, 4) is 11.1 Å². The zero-order chi connectivity index (χ0) is 44.3. The zero-order valence-electron chi connectivity index (χ0n) is 37.5. The third kappa shape index (κ3) is 9.51. The van der Waals surface area contributed by atoms with Crippen molar-refractivity contribution in [2.75, 3.05) is 53.6 Å². The standard InChI is InChI=1S/C49H63N7O6/c1-9-43(57)54-20-18-33(28-54)27-53(7)44(31(3)4)46(58)51-41-22-32-13-11-14-34(21-32)35-16-17-42-37(23-35)38(45(55(42)10-2)39-26-50-25-36(39)29-61-8)24-49(5,6)30-62-48(60)40-15-12-19-56(52-40)47(41)59/h9,11,13-14,16-17,21,23,25-26,31,33,40-41,44,52H,1,10,12,15,18-20,22,24,27-30H2,2-8H3/p+1/t33-,40+,41+,44+/m1/s1. The summed E-state index contributed by atoms with van der Waals surface area (Å²) in [6.07, 6.45) is 7.97. The van der Waals surface area contributed by atoms with Crippen molar-refractivity contribution < 1.29 is 28.7 Å². The molecule has 4 aliphatic heterocycles. The Bertz CT molecular complexity index is 2320. The van der Waals surface area contributed by atoms with Crippen LogP contribution in [-0.2, 0) is 48.0 Å². The van der Waals surface area contributed by atoms with Crippen LogP contribution in [0.2, 0.25) is 0 Å². The number of hydrazine groups is 1. The third-order valence-electron chi connectivity index (χ3n) is 12.8. The first-order chi connectivity index (χ1) is 29.7. The number of fused-ring (bicyclic) bond motifs is 6. The Labute approximate surface area is 365 Å². The number of allylic oxidation sites excluding steroid dienone is 1. The number of nitrogens with one attached hydrogen (secondary N) is 2. The van der Waals surface area contributed by atoms with E-state index in [1.165, 1.54) is 11.1 Å². The van der Waals surface area contributed by atoms with E-state index < -0.39 is 29.5 Å². The molecule has 1 aromatic heterocycles. The molecule has 2 fully saturated rings. The smallest absolute Gasteiger partial charge is 0.324 e. The molecule has 2 aromatic carbocycles. The number of amides is 3. The Morgan fingerprint density at radius 1 is 1.11 bits per heavy atom. The Balaban J connectivity index is 1.26. The number of likely N-dealkylation sites (tertiary alicyclic amines) is 1. The topological polar surface area (TPSA) is 140 Å². The maximum atomic E-state index is 14.6. The van der Waals surface area contributed by atoms with E-state index in [9.17, 15) is 19.2 Å². The van der Waals surface area contributed by atoms with Gasteiger partial charge in [0.1, 0.15) is 12.1 Å². The highest BCUT2D eigenvalue weighted by Gasteiger charge is 2.38. The monoisotopic (exact) mass is 846 g/mol. The Morgan fingerprint density at radius 2 is 1.90 bits per heavy atom. The molecule has 13 heteroatoms. The second-order valence-electron chi connectivity index (χ2n) is 18.6. The first-order valence-electron chi connectivity index (χ1n) is 22.2. The van der Waals surface area contributed by atoms with Gasteiger partial charge in [-0.3, -0.25) is 29.1 Å². The van der Waals surface area contributed by atoms with Crippen molar-refractivity contribution in [3.63, 3.8) is 0 Å². The van der Waals surface area contributed by atoms with E-state index in [-0.39, 0.29) is 42.6 Å². The lowest BCUT2D eigenvalue weighted by Gasteiger charge is -2.37. The molecule has 6 bridgehead atoms. The van der Waals surface area contributed by atoms with Crippen LogP contribution in [0.15, 0.2) is 60.7 Å². The number of carbonyl (C=O) groups excluding carboxylic acids is 4. The van der Waals surface area contributed by atoms with Crippen LogP contribution in [0.1, 0.15) is 70.7 Å². The van der Waals surface area contributed by atoms with Gasteiger partial charge in [-0.2, -0.15) is 0 Å². The van der Waals surface area contributed by atoms with Crippen molar-refractivity contribution in [2.45, 2.75) is 91.4 Å². The van der Waals surface area contributed by atoms with E-state index in [0.29, 0.717) is 52.0 Å². The highest BCUT2D eigenvalue weighted by Crippen LogP contribution is 2.39. The van der Waals surface area contributed by atoms with Gasteiger partial charge < -0.3 is 24.3 Å². The number of cyclic esters (lactones) is 1. The summed E-state index contributed by atoms with van der Waals surface area (Å²) >= 11 is 0. The van der Waals surface area contributed by atoms with Crippen molar-refractivity contribution in [1.29, 1.82) is 0 Å². The van der Waals surface area contributed by atoms with Gasteiger partial charge in [0.2, 0.25) is 11.8 Å². The number of likely N-dealkylation sites (N-methyl/N-ethyl adjacent to an activating group) is 1. The highest BCUT2D eigenvalue weighted by atomic mass is 16.5. The number of carbonyl (C=O) groups is 4. The number of benzene rings is 2. The fraction of sp³-hybridized carbons (Fsp3) is 0.510. The van der Waals surface area contributed by atoms with Crippen LogP contribution >= 0.6 is 0 Å². The molecule has 330 valence electrons. The second kappa shape index (κ2) is 19.0. The molecule has 2 saturated heterocycles. The minimum absolute atomic E-state index is 0.0636. The number of ether oxygens (including phenoxy) is 2. The predicted octanol–water partition coefficient (Wildman–Crippen LogP) is 4.59. The lowest BCUT2D eigenvalue weighted by Crippen LogP contribution is -2.62. The number of methoxy groups -OCH3 is 1. The summed E-state index contributed by atoms with van der Waals surface area (Å²) in [5.41, 5.74) is 11.0. The summed E-state index contributed by atoms with van der Waals surface area (Å²) in [5.74, 6) is -0.892. The van der Waals surface area contributed by atoms with Gasteiger partial charge in [-0.1, -0.05) is 69.3 Å². The average Bonchev–Trinajstić information content (AvgIpc) is 3.99. The van der Waals surface area contributed by atoms with Crippen LogP contribution in [0.25, 0.3) is 27.6 Å². The van der Waals surface area contributed by atoms with Crippen LogP contribution in [0.3, 0.4) is 0 Å². The lowest BCUT2D eigenvalue weighted by atomic mass is 9.84. The molecular weight excluding hydrogens is 783 g/mol. The van der Waals surface area contributed by atoms with Gasteiger partial charge in [-0.05, 0) is 92.0 Å². The van der Waals surface area contributed by atoms with E-state index in [0.717, 1.165) is 63.0 Å². The molecule has 2 N–H and O–H groups in total. The molecule has 5 heterocycles. The number of aromatic nitrogens is 1. The van der Waals surface area contributed by atoms with E-state index in [2.05, 4.69) is 82.6 Å². The minimum Gasteiger partial charge on any atom is -0.464 e. The summed E-state index contributed by atoms with van der Waals surface area (Å²) in [7, 11) is 3.63. The van der Waals surface area contributed by atoms with Crippen LogP contribution in [0, 0.1) is 17.3 Å². The summed E-state index contributed by atoms with van der Waals surface area (Å²) in [5, 5.41) is 5.80. The average molecular weight is 847 g/mol. The quantitative estimate of drug-likeness (QED) is 0.163. The number of hydrogen-bond donors (Lipinski definition) is 2. The van der Waals surface area contributed by atoms with Crippen molar-refractivity contribution in [2.24, 2.45) is 17.3 Å². The van der Waals surface area contributed by atoms with E-state index in [4.69, 9.17) is 9.47 Å². The van der Waals surface area contributed by atoms with Gasteiger partial charge in [-0.25, -0.2) is 5.43 Å². The summed E-state index contributed by atoms with van der Waals surface area (Å²) in [6, 6.07) is 12.6.